The van der Waals surface area contributed by atoms with Gasteiger partial charge in [0.2, 0.25) is 0 Å². The molecule has 7 heteroatoms. The van der Waals surface area contributed by atoms with E-state index in [-0.39, 0.29) is 6.04 Å². The summed E-state index contributed by atoms with van der Waals surface area (Å²) in [6.07, 6.45) is 0.701. The molecule has 1 atom stereocenters. The molecule has 6 nitrogen and oxygen atoms in total. The maximum absolute atomic E-state index is 5.69. The van der Waals surface area contributed by atoms with Crippen molar-refractivity contribution in [3.63, 3.8) is 0 Å². The fourth-order valence-corrected chi connectivity index (χ4v) is 3.05. The second kappa shape index (κ2) is 5.28. The Morgan fingerprint density at radius 3 is 2.85 bits per heavy atom. The number of hydrogen-bond donors (Lipinski definition) is 2. The lowest BCUT2D eigenvalue weighted by Crippen LogP contribution is -2.30. The average Bonchev–Trinajstić information content (AvgIpc) is 3.01. The lowest BCUT2D eigenvalue weighted by atomic mass is 10.1. The van der Waals surface area contributed by atoms with Gasteiger partial charge in [0.1, 0.15) is 5.82 Å². The van der Waals surface area contributed by atoms with Gasteiger partial charge in [-0.1, -0.05) is 16.6 Å². The number of nitrogens with one attached hydrogen (secondary N) is 1. The Morgan fingerprint density at radius 2 is 2.20 bits per heavy atom. The van der Waals surface area contributed by atoms with E-state index in [1.54, 1.807) is 0 Å². The van der Waals surface area contributed by atoms with E-state index in [4.69, 9.17) is 5.84 Å². The Morgan fingerprint density at radius 1 is 1.40 bits per heavy atom. The molecule has 3 aromatic rings. The summed E-state index contributed by atoms with van der Waals surface area (Å²) in [7, 11) is 2.02. The van der Waals surface area contributed by atoms with Crippen LogP contribution in [-0.2, 0) is 13.5 Å². The van der Waals surface area contributed by atoms with Crippen LogP contribution in [0.1, 0.15) is 22.4 Å². The van der Waals surface area contributed by atoms with Crippen LogP contribution >= 0.6 is 11.5 Å². The van der Waals surface area contributed by atoms with Crippen molar-refractivity contribution in [2.45, 2.75) is 19.4 Å². The van der Waals surface area contributed by atoms with Crippen molar-refractivity contribution in [1.29, 1.82) is 0 Å². The first-order valence-corrected chi connectivity index (χ1v) is 7.13. The van der Waals surface area contributed by atoms with Crippen molar-refractivity contribution in [1.82, 2.24) is 24.6 Å². The summed E-state index contributed by atoms with van der Waals surface area (Å²) in [6, 6.07) is 8.07. The molecule has 1 aromatic carbocycles. The molecule has 0 radical (unpaired) electrons. The monoisotopic (exact) mass is 288 g/mol. The lowest BCUT2D eigenvalue weighted by molar-refractivity contribution is 0.536. The molecule has 2 heterocycles. The van der Waals surface area contributed by atoms with Crippen LogP contribution in [-0.4, -0.2) is 19.1 Å². The van der Waals surface area contributed by atoms with Crippen LogP contribution in [0.2, 0.25) is 0 Å². The largest absolute Gasteiger partial charge is 0.331 e. The van der Waals surface area contributed by atoms with E-state index in [9.17, 15) is 0 Å². The molecule has 3 N–H and O–H groups in total. The van der Waals surface area contributed by atoms with E-state index in [0.717, 1.165) is 27.4 Å². The van der Waals surface area contributed by atoms with Gasteiger partial charge in [-0.25, -0.2) is 4.98 Å². The van der Waals surface area contributed by atoms with Gasteiger partial charge in [-0.15, -0.1) is 5.10 Å². The van der Waals surface area contributed by atoms with Gasteiger partial charge < -0.3 is 4.57 Å². The smallest absolute Gasteiger partial charge is 0.111 e. The predicted octanol–water partition coefficient (Wildman–Crippen LogP) is 1.48. The van der Waals surface area contributed by atoms with Gasteiger partial charge in [0.25, 0.3) is 0 Å². The van der Waals surface area contributed by atoms with Crippen molar-refractivity contribution in [3.05, 3.63) is 40.7 Å². The zero-order chi connectivity index (χ0) is 14.1. The van der Waals surface area contributed by atoms with Gasteiger partial charge in [-0.05, 0) is 30.6 Å². The molecule has 3 rings (SSSR count). The van der Waals surface area contributed by atoms with Crippen molar-refractivity contribution in [3.8, 4) is 0 Å². The van der Waals surface area contributed by atoms with Crippen molar-refractivity contribution in [2.75, 3.05) is 0 Å². The highest BCUT2D eigenvalue weighted by Crippen LogP contribution is 2.24. The van der Waals surface area contributed by atoms with E-state index < -0.39 is 0 Å². The molecule has 0 amide bonds. The number of nitrogens with two attached hydrogens (primary N) is 1. The van der Waals surface area contributed by atoms with Crippen LogP contribution in [0.15, 0.2) is 24.3 Å². The van der Waals surface area contributed by atoms with E-state index in [0.29, 0.717) is 6.42 Å². The second-order valence-electron chi connectivity index (χ2n) is 4.72. The molecule has 0 bridgehead atoms. The van der Waals surface area contributed by atoms with Crippen LogP contribution in [0, 0.1) is 6.92 Å². The third-order valence-corrected chi connectivity index (χ3v) is 4.41. The SMILES string of the molecule is Cc1nnsc1C(Cc1nc2ccccc2n1C)NN. The first kappa shape index (κ1) is 13.2. The van der Waals surface area contributed by atoms with Gasteiger partial charge in [0, 0.05) is 13.5 Å². The summed E-state index contributed by atoms with van der Waals surface area (Å²) in [5.74, 6) is 6.68. The van der Waals surface area contributed by atoms with Gasteiger partial charge >= 0.3 is 0 Å². The standard InChI is InChI=1S/C13H16N6S/c1-8-13(20-18-17-8)10(16-14)7-12-15-9-5-3-4-6-11(9)19(12)2/h3-6,10,16H,7,14H2,1-2H3. The minimum atomic E-state index is -0.0227. The van der Waals surface area contributed by atoms with Crippen LogP contribution < -0.4 is 11.3 Å². The first-order valence-electron chi connectivity index (χ1n) is 6.36. The maximum atomic E-state index is 5.69. The molecule has 0 fully saturated rings. The third kappa shape index (κ3) is 2.20. The van der Waals surface area contributed by atoms with Crippen LogP contribution in [0.4, 0.5) is 0 Å². The number of fused-ring (bicyclic) bond motifs is 1. The molecule has 20 heavy (non-hydrogen) atoms. The molecule has 0 aliphatic carbocycles. The summed E-state index contributed by atoms with van der Waals surface area (Å²) in [5, 5.41) is 4.04. The fraction of sp³-hybridized carbons (Fsp3) is 0.308. The molecular formula is C13H16N6S. The summed E-state index contributed by atoms with van der Waals surface area (Å²) < 4.78 is 6.07. The van der Waals surface area contributed by atoms with Gasteiger partial charge in [0.15, 0.2) is 0 Å². The molecule has 0 aliphatic rings. The van der Waals surface area contributed by atoms with Crippen LogP contribution in [0.5, 0.6) is 0 Å². The Balaban J connectivity index is 1.95. The number of hydrazine groups is 1. The van der Waals surface area contributed by atoms with E-state index in [1.807, 2.05) is 32.2 Å². The number of benzene rings is 1. The van der Waals surface area contributed by atoms with Crippen LogP contribution in [0.25, 0.3) is 11.0 Å². The molecule has 2 aromatic heterocycles. The highest BCUT2D eigenvalue weighted by atomic mass is 32.1. The quantitative estimate of drug-likeness (QED) is 0.561. The molecule has 0 spiro atoms. The van der Waals surface area contributed by atoms with E-state index in [1.165, 1.54) is 11.5 Å². The zero-order valence-corrected chi connectivity index (χ0v) is 12.2. The summed E-state index contributed by atoms with van der Waals surface area (Å²) >= 11 is 1.37. The summed E-state index contributed by atoms with van der Waals surface area (Å²) in [4.78, 5) is 5.73. The molecular weight excluding hydrogens is 272 g/mol. The molecule has 0 saturated heterocycles. The molecule has 0 aliphatic heterocycles. The van der Waals surface area contributed by atoms with Crippen molar-refractivity contribution >= 4 is 22.6 Å². The maximum Gasteiger partial charge on any atom is 0.111 e. The topological polar surface area (TPSA) is 81.7 Å². The number of rotatable bonds is 4. The van der Waals surface area contributed by atoms with Crippen molar-refractivity contribution < 1.29 is 0 Å². The number of nitrogens with zero attached hydrogens (tertiary/aromatic N) is 4. The average molecular weight is 288 g/mol. The number of aromatic nitrogens is 4. The number of para-hydroxylation sites is 2. The highest BCUT2D eigenvalue weighted by Gasteiger charge is 2.19. The van der Waals surface area contributed by atoms with E-state index in [2.05, 4.69) is 30.6 Å². The Bertz CT molecular complexity index is 731. The molecule has 104 valence electrons. The predicted molar refractivity (Wildman–Crippen MR) is 79.1 cm³/mol. The van der Waals surface area contributed by atoms with Crippen LogP contribution in [0.3, 0.4) is 0 Å². The second-order valence-corrected chi connectivity index (χ2v) is 5.51. The third-order valence-electron chi connectivity index (χ3n) is 3.47. The van der Waals surface area contributed by atoms with Gasteiger partial charge in [-0.2, -0.15) is 0 Å². The van der Waals surface area contributed by atoms with Crippen molar-refractivity contribution in [2.24, 2.45) is 12.9 Å². The Kier molecular flexibility index (Phi) is 3.47. The number of hydrogen-bond acceptors (Lipinski definition) is 6. The minimum Gasteiger partial charge on any atom is -0.331 e. The Labute approximate surface area is 120 Å². The molecule has 1 unspecified atom stereocenters. The number of imidazole rings is 1. The summed E-state index contributed by atoms with van der Waals surface area (Å²) in [6.45, 7) is 1.94. The Hall–Kier alpha value is -1.83. The normalized spacial score (nSPS) is 12.9. The lowest BCUT2D eigenvalue weighted by Gasteiger charge is -2.13. The number of aryl methyl sites for hydroxylation is 2. The highest BCUT2D eigenvalue weighted by molar-refractivity contribution is 7.05. The van der Waals surface area contributed by atoms with Gasteiger partial charge in [-0.3, -0.25) is 11.3 Å². The first-order chi connectivity index (χ1) is 9.70. The van der Waals surface area contributed by atoms with Gasteiger partial charge in [0.05, 0.1) is 27.6 Å². The zero-order valence-electron chi connectivity index (χ0n) is 11.4. The fourth-order valence-electron chi connectivity index (χ4n) is 2.34. The van der Waals surface area contributed by atoms with E-state index >= 15 is 0 Å². The molecule has 0 saturated carbocycles. The summed E-state index contributed by atoms with van der Waals surface area (Å²) in [5.41, 5.74) is 5.88. The minimum absolute atomic E-state index is 0.0227.